The Labute approximate surface area is 133 Å². The van der Waals surface area contributed by atoms with Gasteiger partial charge in [0, 0.05) is 5.56 Å². The molecule has 0 radical (unpaired) electrons. The van der Waals surface area contributed by atoms with Crippen LogP contribution >= 0.6 is 0 Å². The molecule has 7 heteroatoms. The lowest BCUT2D eigenvalue weighted by Crippen LogP contribution is -2.45. The molecule has 2 N–H and O–H groups in total. The van der Waals surface area contributed by atoms with E-state index in [1.54, 1.807) is 0 Å². The van der Waals surface area contributed by atoms with Crippen LogP contribution in [-0.2, 0) is 9.53 Å². The van der Waals surface area contributed by atoms with Crippen LogP contribution in [0.25, 0.3) is 0 Å². The zero-order chi connectivity index (χ0) is 16.1. The molecule has 1 aliphatic heterocycles. The van der Waals surface area contributed by atoms with Gasteiger partial charge in [0.2, 0.25) is 0 Å². The molecule has 23 heavy (non-hydrogen) atoms. The quantitative estimate of drug-likeness (QED) is 0.818. The Kier molecular flexibility index (Phi) is 4.39. The molecule has 118 valence electrons. The number of carbonyl (C=O) groups excluding carboxylic acids is 1. The monoisotopic (exact) mass is 312 g/mol. The number of nitrogens with zero attached hydrogens (tertiary/aromatic N) is 2. The lowest BCUT2D eigenvalue weighted by Gasteiger charge is -2.14. The number of benzene rings is 2. The Morgan fingerprint density at radius 2 is 1.91 bits per heavy atom. The molecule has 0 saturated heterocycles. The van der Waals surface area contributed by atoms with Crippen LogP contribution in [0.5, 0.6) is 11.5 Å². The Hall–Kier alpha value is -3.06. The second-order valence-corrected chi connectivity index (χ2v) is 4.78. The Bertz CT molecular complexity index is 718. The van der Waals surface area contributed by atoms with E-state index in [9.17, 15) is 4.79 Å². The predicted molar refractivity (Wildman–Crippen MR) is 84.5 cm³/mol. The maximum absolute atomic E-state index is 11.3. The van der Waals surface area contributed by atoms with E-state index < -0.39 is 0 Å². The number of para-hydroxylation sites is 1. The van der Waals surface area contributed by atoms with Crippen molar-refractivity contribution in [3.63, 3.8) is 0 Å². The fraction of sp³-hybridized carbons (Fsp3) is 0.125. The van der Waals surface area contributed by atoms with Crippen LogP contribution in [0.15, 0.2) is 59.7 Å². The summed E-state index contributed by atoms with van der Waals surface area (Å²) < 4.78 is 10.4. The van der Waals surface area contributed by atoms with E-state index in [2.05, 4.69) is 20.8 Å². The Balaban J connectivity index is 1.67. The van der Waals surface area contributed by atoms with Crippen LogP contribution in [-0.4, -0.2) is 30.6 Å². The third kappa shape index (κ3) is 3.78. The number of hydrogen-bond donors (Lipinski definition) is 2. The summed E-state index contributed by atoms with van der Waals surface area (Å²) in [5, 5.41) is 5.58. The number of hydrogen-bond acceptors (Lipinski definition) is 7. The van der Waals surface area contributed by atoms with Crippen molar-refractivity contribution >= 4 is 11.8 Å². The summed E-state index contributed by atoms with van der Waals surface area (Å²) in [5.74, 6) is 1.68. The minimum absolute atomic E-state index is 0.0315. The highest BCUT2D eigenvalue weighted by Crippen LogP contribution is 2.22. The lowest BCUT2D eigenvalue weighted by atomic mass is 10.2. The maximum atomic E-state index is 11.3. The van der Waals surface area contributed by atoms with Crippen molar-refractivity contribution in [1.29, 1.82) is 0 Å². The molecular formula is C16H16N4O3. The number of amidine groups is 1. The van der Waals surface area contributed by atoms with Gasteiger partial charge in [0.05, 0.1) is 7.11 Å². The van der Waals surface area contributed by atoms with Gasteiger partial charge in [-0.15, -0.1) is 10.2 Å². The molecule has 0 saturated carbocycles. The summed E-state index contributed by atoms with van der Waals surface area (Å²) in [5.41, 5.74) is 6.52. The van der Waals surface area contributed by atoms with Crippen LogP contribution < -0.4 is 15.7 Å². The summed E-state index contributed by atoms with van der Waals surface area (Å²) in [6.45, 7) is 0.0315. The predicted octanol–water partition coefficient (Wildman–Crippen LogP) is 1.64. The Morgan fingerprint density at radius 3 is 2.70 bits per heavy atom. The van der Waals surface area contributed by atoms with Crippen LogP contribution in [0.4, 0.5) is 0 Å². The van der Waals surface area contributed by atoms with Crippen molar-refractivity contribution in [3.8, 4) is 11.5 Å². The zero-order valence-electron chi connectivity index (χ0n) is 12.5. The van der Waals surface area contributed by atoms with Crippen molar-refractivity contribution in [2.24, 2.45) is 5.10 Å². The first-order valence-corrected chi connectivity index (χ1v) is 7.02. The normalized spacial score (nSPS) is 13.7. The lowest BCUT2D eigenvalue weighted by molar-refractivity contribution is -0.143. The fourth-order valence-electron chi connectivity index (χ4n) is 2.02. The van der Waals surface area contributed by atoms with Crippen LogP contribution in [0, 0.1) is 0 Å². The molecule has 0 atom stereocenters. The average molecular weight is 312 g/mol. The van der Waals surface area contributed by atoms with Crippen molar-refractivity contribution < 1.29 is 14.3 Å². The fourth-order valence-corrected chi connectivity index (χ4v) is 2.02. The van der Waals surface area contributed by atoms with E-state index in [0.717, 1.165) is 11.3 Å². The highest BCUT2D eigenvalue weighted by atomic mass is 16.5. The summed E-state index contributed by atoms with van der Waals surface area (Å²) in [4.78, 5) is 11.3. The van der Waals surface area contributed by atoms with E-state index in [-0.39, 0.29) is 12.5 Å². The molecule has 2 aromatic rings. The molecule has 0 unspecified atom stereocenters. The maximum Gasteiger partial charge on any atom is 0.323 e. The summed E-state index contributed by atoms with van der Waals surface area (Å²) >= 11 is 0. The smallest absolute Gasteiger partial charge is 0.323 e. The SMILES string of the molecule is COC(=O)CN1NN=C(c2cccc(Oc3ccccc3)c2)N1. The van der Waals surface area contributed by atoms with Gasteiger partial charge in [-0.1, -0.05) is 30.3 Å². The van der Waals surface area contributed by atoms with Gasteiger partial charge in [-0.05, 0) is 24.3 Å². The average Bonchev–Trinajstić information content (AvgIpc) is 3.04. The first-order chi connectivity index (χ1) is 11.2. The van der Waals surface area contributed by atoms with E-state index in [4.69, 9.17) is 4.74 Å². The number of esters is 1. The van der Waals surface area contributed by atoms with Crippen molar-refractivity contribution in [2.75, 3.05) is 13.7 Å². The molecule has 7 nitrogen and oxygen atoms in total. The van der Waals surface area contributed by atoms with E-state index >= 15 is 0 Å². The van der Waals surface area contributed by atoms with Gasteiger partial charge in [0.25, 0.3) is 0 Å². The first-order valence-electron chi connectivity index (χ1n) is 7.02. The van der Waals surface area contributed by atoms with Gasteiger partial charge in [-0.3, -0.25) is 10.2 Å². The summed E-state index contributed by atoms with van der Waals surface area (Å²) in [7, 11) is 1.34. The van der Waals surface area contributed by atoms with Crippen molar-refractivity contribution in [3.05, 3.63) is 60.2 Å². The number of methoxy groups -OCH3 is 1. The summed E-state index contributed by atoms with van der Waals surface area (Å²) in [6, 6.07) is 17.0. The summed E-state index contributed by atoms with van der Waals surface area (Å²) in [6.07, 6.45) is 0. The van der Waals surface area contributed by atoms with Crippen LogP contribution in [0.2, 0.25) is 0 Å². The van der Waals surface area contributed by atoms with Gasteiger partial charge < -0.3 is 9.47 Å². The number of ether oxygens (including phenoxy) is 2. The highest BCUT2D eigenvalue weighted by molar-refractivity contribution is 5.99. The molecule has 0 fully saturated rings. The van der Waals surface area contributed by atoms with Crippen molar-refractivity contribution in [2.45, 2.75) is 0 Å². The molecule has 1 aliphatic rings. The van der Waals surface area contributed by atoms with Gasteiger partial charge in [-0.25, -0.2) is 5.53 Å². The number of nitrogens with one attached hydrogen (secondary N) is 2. The number of carbonyl (C=O) groups is 1. The van der Waals surface area contributed by atoms with E-state index in [1.807, 2.05) is 54.6 Å². The number of hydrazone groups is 1. The minimum atomic E-state index is -0.373. The minimum Gasteiger partial charge on any atom is -0.468 e. The standard InChI is InChI=1S/C16H16N4O3/c1-22-15(21)11-20-18-16(17-19-20)12-6-5-9-14(10-12)23-13-7-3-2-4-8-13/h2-10,19H,11H2,1H3,(H,17,18). The van der Waals surface area contributed by atoms with Crippen LogP contribution in [0.1, 0.15) is 5.56 Å². The topological polar surface area (TPSA) is 75.2 Å². The second kappa shape index (κ2) is 6.80. The highest BCUT2D eigenvalue weighted by Gasteiger charge is 2.19. The third-order valence-electron chi connectivity index (χ3n) is 3.12. The second-order valence-electron chi connectivity index (χ2n) is 4.78. The molecule has 1 heterocycles. The number of rotatable bonds is 5. The molecular weight excluding hydrogens is 296 g/mol. The Morgan fingerprint density at radius 1 is 1.13 bits per heavy atom. The van der Waals surface area contributed by atoms with Gasteiger partial charge in [-0.2, -0.15) is 0 Å². The number of hydrazine groups is 2. The molecule has 0 bridgehead atoms. The van der Waals surface area contributed by atoms with Gasteiger partial charge >= 0.3 is 5.97 Å². The van der Waals surface area contributed by atoms with E-state index in [1.165, 1.54) is 12.2 Å². The van der Waals surface area contributed by atoms with Crippen molar-refractivity contribution in [1.82, 2.24) is 16.1 Å². The van der Waals surface area contributed by atoms with Gasteiger partial charge in [0.15, 0.2) is 5.84 Å². The molecule has 3 rings (SSSR count). The first kappa shape index (κ1) is 14.9. The largest absolute Gasteiger partial charge is 0.468 e. The molecule has 0 aromatic heterocycles. The zero-order valence-corrected chi connectivity index (χ0v) is 12.5. The molecule has 0 spiro atoms. The van der Waals surface area contributed by atoms with Gasteiger partial charge in [0.1, 0.15) is 18.0 Å². The molecule has 0 aliphatic carbocycles. The molecule has 2 aromatic carbocycles. The van der Waals surface area contributed by atoms with E-state index in [0.29, 0.717) is 11.6 Å². The van der Waals surface area contributed by atoms with Crippen LogP contribution in [0.3, 0.4) is 0 Å². The third-order valence-corrected chi connectivity index (χ3v) is 3.12. The molecule has 0 amide bonds.